The molecule has 2 heterocycles. The number of hydrogen-bond acceptors (Lipinski definition) is 6. The molecule has 0 aliphatic carbocycles. The van der Waals surface area contributed by atoms with Gasteiger partial charge in [0, 0.05) is 13.2 Å². The molecule has 1 aromatic carbocycles. The topological polar surface area (TPSA) is 76.1 Å². The number of aromatic nitrogens is 3. The summed E-state index contributed by atoms with van der Waals surface area (Å²) in [6.45, 7) is 0. The molecule has 6 nitrogen and oxygen atoms in total. The lowest BCUT2D eigenvalue weighted by molar-refractivity contribution is 0.588. The fraction of sp³-hybridized carbons (Fsp3) is 0.0833. The maximum absolute atomic E-state index is 13.7. The van der Waals surface area contributed by atoms with Gasteiger partial charge in [0.1, 0.15) is 15.9 Å². The van der Waals surface area contributed by atoms with E-state index in [0.29, 0.717) is 5.52 Å². The highest BCUT2D eigenvalue weighted by Crippen LogP contribution is 2.27. The third-order valence-electron chi connectivity index (χ3n) is 2.92. The van der Waals surface area contributed by atoms with E-state index >= 15 is 0 Å². The van der Waals surface area contributed by atoms with Crippen molar-refractivity contribution in [3.8, 4) is 0 Å². The monoisotopic (exact) mass is 324 g/mol. The highest BCUT2D eigenvalue weighted by molar-refractivity contribution is 7.93. The van der Waals surface area contributed by atoms with Crippen LogP contribution in [0.3, 0.4) is 0 Å². The lowest BCUT2D eigenvalue weighted by Crippen LogP contribution is -2.28. The quantitative estimate of drug-likeness (QED) is 0.737. The molecule has 9 heteroatoms. The summed E-state index contributed by atoms with van der Waals surface area (Å²) in [7, 11) is -2.73. The fourth-order valence-corrected chi connectivity index (χ4v) is 3.77. The summed E-state index contributed by atoms with van der Waals surface area (Å²) in [4.78, 5) is 3.75. The van der Waals surface area contributed by atoms with E-state index in [2.05, 4.69) is 13.7 Å². The SMILES string of the molecule is CN(c1ncccc1F)S(=O)(=O)c1cccc2nsnc12. The molecule has 0 amide bonds. The van der Waals surface area contributed by atoms with Gasteiger partial charge in [-0.25, -0.2) is 17.8 Å². The van der Waals surface area contributed by atoms with Crippen LogP contribution in [0.1, 0.15) is 0 Å². The van der Waals surface area contributed by atoms with Gasteiger partial charge in [0.05, 0.1) is 11.7 Å². The van der Waals surface area contributed by atoms with Crippen LogP contribution in [-0.2, 0) is 10.0 Å². The lowest BCUT2D eigenvalue weighted by atomic mass is 10.3. The van der Waals surface area contributed by atoms with Crippen molar-refractivity contribution in [1.82, 2.24) is 13.7 Å². The summed E-state index contributed by atoms with van der Waals surface area (Å²) >= 11 is 0.921. The Morgan fingerprint density at radius 3 is 2.76 bits per heavy atom. The van der Waals surface area contributed by atoms with E-state index in [9.17, 15) is 12.8 Å². The Morgan fingerprint density at radius 2 is 2.00 bits per heavy atom. The number of fused-ring (bicyclic) bond motifs is 1. The number of pyridine rings is 1. The highest BCUT2D eigenvalue weighted by atomic mass is 32.2. The van der Waals surface area contributed by atoms with Crippen molar-refractivity contribution in [3.05, 3.63) is 42.3 Å². The molecule has 0 spiro atoms. The maximum Gasteiger partial charge on any atom is 0.267 e. The van der Waals surface area contributed by atoms with Gasteiger partial charge >= 0.3 is 0 Å². The molecule has 21 heavy (non-hydrogen) atoms. The summed E-state index contributed by atoms with van der Waals surface area (Å²) in [5, 5.41) is 0. The number of nitrogens with zero attached hydrogens (tertiary/aromatic N) is 4. The van der Waals surface area contributed by atoms with E-state index in [4.69, 9.17) is 0 Å². The molecule has 0 radical (unpaired) electrons. The van der Waals surface area contributed by atoms with Gasteiger partial charge in [-0.3, -0.25) is 4.31 Å². The third kappa shape index (κ3) is 2.24. The Hall–Kier alpha value is -2.13. The van der Waals surface area contributed by atoms with Crippen LogP contribution in [0.2, 0.25) is 0 Å². The molecule has 3 rings (SSSR count). The van der Waals surface area contributed by atoms with Gasteiger partial charge in [-0.05, 0) is 24.3 Å². The molecule has 0 N–H and O–H groups in total. The second-order valence-corrected chi connectivity index (χ2v) is 6.64. The predicted octanol–water partition coefficient (Wildman–Crippen LogP) is 2.05. The third-order valence-corrected chi connectivity index (χ3v) is 5.25. The zero-order valence-electron chi connectivity index (χ0n) is 10.8. The van der Waals surface area contributed by atoms with Crippen molar-refractivity contribution in [1.29, 1.82) is 0 Å². The van der Waals surface area contributed by atoms with Crippen molar-refractivity contribution in [2.45, 2.75) is 4.90 Å². The van der Waals surface area contributed by atoms with Crippen molar-refractivity contribution < 1.29 is 12.8 Å². The van der Waals surface area contributed by atoms with E-state index in [-0.39, 0.29) is 16.2 Å². The maximum atomic E-state index is 13.7. The average molecular weight is 324 g/mol. The number of halogens is 1. The van der Waals surface area contributed by atoms with Crippen molar-refractivity contribution in [2.24, 2.45) is 0 Å². The van der Waals surface area contributed by atoms with Gasteiger partial charge < -0.3 is 0 Å². The molecule has 108 valence electrons. The van der Waals surface area contributed by atoms with E-state index in [1.807, 2.05) is 0 Å². The van der Waals surface area contributed by atoms with Crippen molar-refractivity contribution in [2.75, 3.05) is 11.4 Å². The van der Waals surface area contributed by atoms with E-state index in [1.54, 1.807) is 12.1 Å². The molecule has 0 aliphatic heterocycles. The van der Waals surface area contributed by atoms with Gasteiger partial charge in [0.25, 0.3) is 10.0 Å². The minimum absolute atomic E-state index is 0.0266. The van der Waals surface area contributed by atoms with E-state index in [1.165, 1.54) is 25.4 Å². The molecule has 0 bridgehead atoms. The Balaban J connectivity index is 2.17. The lowest BCUT2D eigenvalue weighted by Gasteiger charge is -2.18. The molecule has 0 fully saturated rings. The number of anilines is 1. The Morgan fingerprint density at radius 1 is 1.19 bits per heavy atom. The smallest absolute Gasteiger partial charge is 0.250 e. The minimum atomic E-state index is -3.98. The standard InChI is InChI=1S/C12H9FN4O2S2/c1-17(12-8(13)4-3-7-14-12)21(18,19)10-6-2-5-9-11(10)16-20-15-9/h2-7H,1H3. The van der Waals surface area contributed by atoms with E-state index < -0.39 is 15.8 Å². The Labute approximate surface area is 124 Å². The van der Waals surface area contributed by atoms with E-state index in [0.717, 1.165) is 22.1 Å². The number of sulfonamides is 1. The summed E-state index contributed by atoms with van der Waals surface area (Å²) < 4.78 is 47.8. The second-order valence-electron chi connectivity index (χ2n) is 4.17. The van der Waals surface area contributed by atoms with Gasteiger partial charge in [-0.15, -0.1) is 0 Å². The average Bonchev–Trinajstić information content (AvgIpc) is 2.95. The normalized spacial score (nSPS) is 11.7. The van der Waals surface area contributed by atoms with Crippen molar-refractivity contribution in [3.63, 3.8) is 0 Å². The first-order chi connectivity index (χ1) is 10.0. The number of hydrogen-bond donors (Lipinski definition) is 0. The van der Waals surface area contributed by atoms with Gasteiger partial charge in [0.15, 0.2) is 11.6 Å². The molecule has 0 atom stereocenters. The molecule has 0 saturated carbocycles. The van der Waals surface area contributed by atoms with Crippen LogP contribution in [0, 0.1) is 5.82 Å². The zero-order valence-corrected chi connectivity index (χ0v) is 12.4. The van der Waals surface area contributed by atoms with Crippen LogP contribution in [0.4, 0.5) is 10.2 Å². The van der Waals surface area contributed by atoms with Crippen LogP contribution < -0.4 is 4.31 Å². The molecular weight excluding hydrogens is 315 g/mol. The van der Waals surface area contributed by atoms with Crippen LogP contribution in [-0.4, -0.2) is 29.2 Å². The predicted molar refractivity (Wildman–Crippen MR) is 77.2 cm³/mol. The van der Waals surface area contributed by atoms with Crippen LogP contribution in [0.25, 0.3) is 11.0 Å². The first-order valence-electron chi connectivity index (χ1n) is 5.82. The first kappa shape index (κ1) is 13.8. The van der Waals surface area contributed by atoms with Gasteiger partial charge in [-0.1, -0.05) is 6.07 Å². The largest absolute Gasteiger partial charge is 0.267 e. The molecule has 0 unspecified atom stereocenters. The molecule has 0 saturated heterocycles. The fourth-order valence-electron chi connectivity index (χ4n) is 1.86. The summed E-state index contributed by atoms with van der Waals surface area (Å²) in [6.07, 6.45) is 1.33. The second kappa shape index (κ2) is 5.01. The van der Waals surface area contributed by atoms with Gasteiger partial charge in [0.2, 0.25) is 0 Å². The summed E-state index contributed by atoms with van der Waals surface area (Å²) in [5.41, 5.74) is 0.752. The highest BCUT2D eigenvalue weighted by Gasteiger charge is 2.27. The Kier molecular flexibility index (Phi) is 3.30. The summed E-state index contributed by atoms with van der Waals surface area (Å²) in [6, 6.07) is 7.19. The molecule has 3 aromatic rings. The molecule has 0 aliphatic rings. The first-order valence-corrected chi connectivity index (χ1v) is 7.99. The van der Waals surface area contributed by atoms with Crippen LogP contribution >= 0.6 is 11.7 Å². The Bertz CT molecular complexity index is 910. The van der Waals surface area contributed by atoms with Gasteiger partial charge in [-0.2, -0.15) is 8.75 Å². The van der Waals surface area contributed by atoms with Crippen LogP contribution in [0.5, 0.6) is 0 Å². The summed E-state index contributed by atoms with van der Waals surface area (Å²) in [5.74, 6) is -0.982. The molecule has 2 aromatic heterocycles. The van der Waals surface area contributed by atoms with Crippen LogP contribution in [0.15, 0.2) is 41.4 Å². The molecular formula is C12H9FN4O2S2. The zero-order chi connectivity index (χ0) is 15.0. The van der Waals surface area contributed by atoms with Crippen molar-refractivity contribution >= 4 is 38.6 Å². The number of rotatable bonds is 3. The number of benzene rings is 1. The minimum Gasteiger partial charge on any atom is -0.250 e.